The third-order valence-corrected chi connectivity index (χ3v) is 5.82. The van der Waals surface area contributed by atoms with Gasteiger partial charge in [0.25, 0.3) is 0 Å². The molecule has 0 unspecified atom stereocenters. The highest BCUT2D eigenvalue weighted by Gasteiger charge is 2.34. The Bertz CT molecular complexity index is 750. The molecule has 0 aliphatic heterocycles. The fraction of sp³-hybridized carbons (Fsp3) is 0.409. The van der Waals surface area contributed by atoms with Gasteiger partial charge in [-0.15, -0.1) is 0 Å². The van der Waals surface area contributed by atoms with Crippen molar-refractivity contribution < 1.29 is 14.6 Å². The zero-order valence-corrected chi connectivity index (χ0v) is 14.9. The molecule has 2 aromatic carbocycles. The normalized spacial score (nSPS) is 18.0. The lowest BCUT2D eigenvalue weighted by Crippen LogP contribution is -2.52. The van der Waals surface area contributed by atoms with Crippen molar-refractivity contribution >= 4 is 6.09 Å². The second-order valence-corrected chi connectivity index (χ2v) is 7.45. The van der Waals surface area contributed by atoms with Crippen LogP contribution in [0.1, 0.15) is 49.1 Å². The van der Waals surface area contributed by atoms with E-state index in [0.717, 1.165) is 32.1 Å². The number of hydrogen-bond donors (Lipinski definition) is 2. The van der Waals surface area contributed by atoms with Crippen molar-refractivity contribution in [2.75, 3.05) is 13.2 Å². The molecule has 2 N–H and O–H groups in total. The van der Waals surface area contributed by atoms with Crippen LogP contribution in [-0.2, 0) is 4.74 Å². The summed E-state index contributed by atoms with van der Waals surface area (Å²) in [5, 5.41) is 12.7. The molecule has 1 fully saturated rings. The fourth-order valence-corrected chi connectivity index (χ4v) is 4.40. The summed E-state index contributed by atoms with van der Waals surface area (Å²) < 4.78 is 5.61. The average Bonchev–Trinajstić information content (AvgIpc) is 3.01. The SMILES string of the molecule is O=C(NC1(CO)CCCCC1)OCC1c2ccccc2-c2ccccc21. The van der Waals surface area contributed by atoms with Crippen LogP contribution in [0.3, 0.4) is 0 Å². The van der Waals surface area contributed by atoms with E-state index in [1.165, 1.54) is 22.3 Å². The molecule has 2 aliphatic carbocycles. The predicted octanol–water partition coefficient (Wildman–Crippen LogP) is 4.22. The molecule has 4 heteroatoms. The maximum absolute atomic E-state index is 12.4. The van der Waals surface area contributed by atoms with Crippen molar-refractivity contribution in [3.63, 3.8) is 0 Å². The zero-order valence-electron chi connectivity index (χ0n) is 14.9. The molecule has 136 valence electrons. The number of nitrogens with one attached hydrogen (secondary N) is 1. The van der Waals surface area contributed by atoms with Crippen LogP contribution < -0.4 is 5.32 Å². The number of alkyl carbamates (subject to hydrolysis) is 1. The van der Waals surface area contributed by atoms with E-state index in [1.807, 2.05) is 24.3 Å². The van der Waals surface area contributed by atoms with Crippen molar-refractivity contribution in [1.29, 1.82) is 0 Å². The lowest BCUT2D eigenvalue weighted by molar-refractivity contribution is 0.0909. The molecule has 2 aliphatic rings. The molecule has 0 saturated heterocycles. The zero-order chi connectivity index (χ0) is 18.0. The number of ether oxygens (including phenoxy) is 1. The monoisotopic (exact) mass is 351 g/mol. The summed E-state index contributed by atoms with van der Waals surface area (Å²) in [5.74, 6) is 0.0598. The molecule has 0 aromatic heterocycles. The Kier molecular flexibility index (Phi) is 4.68. The van der Waals surface area contributed by atoms with Crippen molar-refractivity contribution in [1.82, 2.24) is 5.32 Å². The van der Waals surface area contributed by atoms with Crippen molar-refractivity contribution in [3.8, 4) is 11.1 Å². The second kappa shape index (κ2) is 7.12. The van der Waals surface area contributed by atoms with Crippen LogP contribution in [0.25, 0.3) is 11.1 Å². The molecule has 0 bridgehead atoms. The third kappa shape index (κ3) is 3.10. The molecular formula is C22H25NO3. The average molecular weight is 351 g/mol. The minimum absolute atomic E-state index is 0.0306. The summed E-state index contributed by atoms with van der Waals surface area (Å²) in [6.45, 7) is 0.276. The first kappa shape index (κ1) is 17.1. The van der Waals surface area contributed by atoms with Gasteiger partial charge in [0.2, 0.25) is 0 Å². The molecule has 0 atom stereocenters. The van der Waals surface area contributed by atoms with Gasteiger partial charge in [0.15, 0.2) is 0 Å². The molecule has 0 radical (unpaired) electrons. The Morgan fingerprint density at radius 2 is 1.58 bits per heavy atom. The van der Waals surface area contributed by atoms with Crippen molar-refractivity contribution in [2.24, 2.45) is 0 Å². The van der Waals surface area contributed by atoms with Crippen LogP contribution in [0.4, 0.5) is 4.79 Å². The van der Waals surface area contributed by atoms with Gasteiger partial charge in [-0.1, -0.05) is 67.8 Å². The smallest absolute Gasteiger partial charge is 0.407 e. The number of aliphatic hydroxyl groups excluding tert-OH is 1. The number of carbonyl (C=O) groups excluding carboxylic acids is 1. The summed E-state index contributed by atoms with van der Waals surface area (Å²) in [7, 11) is 0. The van der Waals surface area contributed by atoms with Crippen LogP contribution >= 0.6 is 0 Å². The number of hydrogen-bond acceptors (Lipinski definition) is 3. The number of amides is 1. The molecule has 0 spiro atoms. The van der Waals surface area contributed by atoms with Gasteiger partial charge in [0.05, 0.1) is 12.1 Å². The minimum Gasteiger partial charge on any atom is -0.449 e. The fourth-order valence-electron chi connectivity index (χ4n) is 4.40. The number of benzene rings is 2. The lowest BCUT2D eigenvalue weighted by atomic mass is 9.82. The van der Waals surface area contributed by atoms with E-state index in [-0.39, 0.29) is 12.5 Å². The van der Waals surface area contributed by atoms with Crippen LogP contribution in [0, 0.1) is 0 Å². The number of carbonyl (C=O) groups is 1. The Hall–Kier alpha value is -2.33. The van der Waals surface area contributed by atoms with Gasteiger partial charge in [0.1, 0.15) is 6.61 Å². The number of aliphatic hydroxyl groups is 1. The van der Waals surface area contributed by atoms with Crippen LogP contribution in [0.5, 0.6) is 0 Å². The first-order valence-electron chi connectivity index (χ1n) is 9.46. The van der Waals surface area contributed by atoms with Gasteiger partial charge in [-0.2, -0.15) is 0 Å². The van der Waals surface area contributed by atoms with Gasteiger partial charge >= 0.3 is 6.09 Å². The second-order valence-electron chi connectivity index (χ2n) is 7.45. The van der Waals surface area contributed by atoms with Gasteiger partial charge in [-0.25, -0.2) is 4.79 Å². The molecule has 2 aromatic rings. The quantitative estimate of drug-likeness (QED) is 0.867. The van der Waals surface area contributed by atoms with Gasteiger partial charge in [-0.05, 0) is 35.1 Å². The lowest BCUT2D eigenvalue weighted by Gasteiger charge is -2.36. The summed E-state index contributed by atoms with van der Waals surface area (Å²) in [6.07, 6.45) is 4.42. The number of rotatable bonds is 4. The van der Waals surface area contributed by atoms with E-state index < -0.39 is 11.6 Å². The molecule has 1 amide bonds. The molecule has 0 heterocycles. The summed E-state index contributed by atoms with van der Waals surface area (Å²) in [6, 6.07) is 16.6. The number of fused-ring (bicyclic) bond motifs is 3. The highest BCUT2D eigenvalue weighted by molar-refractivity contribution is 5.79. The molecule has 26 heavy (non-hydrogen) atoms. The van der Waals surface area contributed by atoms with Crippen LogP contribution in [0.15, 0.2) is 48.5 Å². The van der Waals surface area contributed by atoms with Gasteiger partial charge in [0, 0.05) is 5.92 Å². The van der Waals surface area contributed by atoms with E-state index in [2.05, 4.69) is 29.6 Å². The van der Waals surface area contributed by atoms with Crippen molar-refractivity contribution in [3.05, 3.63) is 59.7 Å². The van der Waals surface area contributed by atoms with E-state index >= 15 is 0 Å². The van der Waals surface area contributed by atoms with E-state index in [0.29, 0.717) is 6.61 Å². The molecular weight excluding hydrogens is 326 g/mol. The van der Waals surface area contributed by atoms with Crippen LogP contribution in [-0.4, -0.2) is 30.0 Å². The Morgan fingerprint density at radius 1 is 1.00 bits per heavy atom. The summed E-state index contributed by atoms with van der Waals surface area (Å²) in [5.41, 5.74) is 4.33. The summed E-state index contributed by atoms with van der Waals surface area (Å²) >= 11 is 0. The van der Waals surface area contributed by atoms with Crippen LogP contribution in [0.2, 0.25) is 0 Å². The Morgan fingerprint density at radius 3 is 2.15 bits per heavy atom. The third-order valence-electron chi connectivity index (χ3n) is 5.82. The Balaban J connectivity index is 1.47. The standard InChI is InChI=1S/C22H25NO3/c24-15-22(12-6-1-7-13-22)23-21(25)26-14-20-18-10-4-2-8-16(18)17-9-3-5-11-19(17)20/h2-5,8-11,20,24H,1,6-7,12-15H2,(H,23,25). The van der Waals surface area contributed by atoms with Crippen molar-refractivity contribution in [2.45, 2.75) is 43.6 Å². The first-order valence-corrected chi connectivity index (χ1v) is 9.46. The van der Waals surface area contributed by atoms with E-state index in [1.54, 1.807) is 0 Å². The van der Waals surface area contributed by atoms with E-state index in [4.69, 9.17) is 4.74 Å². The molecule has 4 nitrogen and oxygen atoms in total. The first-order chi connectivity index (χ1) is 12.7. The van der Waals surface area contributed by atoms with E-state index in [9.17, 15) is 9.90 Å². The van der Waals surface area contributed by atoms with Gasteiger partial charge in [-0.3, -0.25) is 0 Å². The maximum Gasteiger partial charge on any atom is 0.407 e. The highest BCUT2D eigenvalue weighted by Crippen LogP contribution is 2.44. The minimum atomic E-state index is -0.513. The Labute approximate surface area is 154 Å². The largest absolute Gasteiger partial charge is 0.449 e. The maximum atomic E-state index is 12.4. The predicted molar refractivity (Wildman–Crippen MR) is 101 cm³/mol. The highest BCUT2D eigenvalue weighted by atomic mass is 16.5. The topological polar surface area (TPSA) is 58.6 Å². The molecule has 1 saturated carbocycles. The summed E-state index contributed by atoms with van der Waals surface area (Å²) in [4.78, 5) is 12.4. The molecule has 4 rings (SSSR count). The van der Waals surface area contributed by atoms with Gasteiger partial charge < -0.3 is 15.2 Å².